The molecule has 0 saturated carbocycles. The number of nitrogens with zero attached hydrogens (tertiary/aromatic N) is 5. The molecule has 0 fully saturated rings. The van der Waals surface area contributed by atoms with Crippen molar-refractivity contribution in [1.82, 2.24) is 19.7 Å². The Labute approximate surface area is 120 Å². The average molecular weight is 280 g/mol. The highest BCUT2D eigenvalue weighted by molar-refractivity contribution is 5.83. The first-order chi connectivity index (χ1) is 10.3. The molecular weight excluding hydrogens is 268 g/mol. The second-order valence-corrected chi connectivity index (χ2v) is 4.18. The lowest BCUT2D eigenvalue weighted by molar-refractivity contribution is 0.474. The van der Waals surface area contributed by atoms with E-state index in [0.717, 1.165) is 0 Å². The number of anilines is 1. The molecule has 21 heavy (non-hydrogen) atoms. The third-order valence-corrected chi connectivity index (χ3v) is 2.74. The molecule has 7 heteroatoms. The highest BCUT2D eigenvalue weighted by Crippen LogP contribution is 2.13. The number of benzene rings is 1. The number of rotatable bonds is 4. The summed E-state index contributed by atoms with van der Waals surface area (Å²) >= 11 is 0. The molecule has 2 N–H and O–H groups in total. The van der Waals surface area contributed by atoms with Gasteiger partial charge in [-0.15, -0.1) is 10.2 Å². The third kappa shape index (κ3) is 3.03. The molecule has 0 atom stereocenters. The lowest BCUT2D eigenvalue weighted by Crippen LogP contribution is -2.00. The van der Waals surface area contributed by atoms with Gasteiger partial charge in [0, 0.05) is 18.0 Å². The fourth-order valence-electron chi connectivity index (χ4n) is 1.68. The molecule has 0 unspecified atom stereocenters. The van der Waals surface area contributed by atoms with Crippen LogP contribution in [0.25, 0.3) is 5.82 Å². The van der Waals surface area contributed by atoms with Crippen LogP contribution in [-0.2, 0) is 0 Å². The van der Waals surface area contributed by atoms with Crippen LogP contribution >= 0.6 is 0 Å². The van der Waals surface area contributed by atoms with E-state index in [1.54, 1.807) is 53.6 Å². The Hall–Kier alpha value is -3.22. The van der Waals surface area contributed by atoms with Crippen LogP contribution in [-0.4, -0.2) is 31.1 Å². The Balaban J connectivity index is 1.67. The Morgan fingerprint density at radius 2 is 2.05 bits per heavy atom. The summed E-state index contributed by atoms with van der Waals surface area (Å²) in [5.74, 6) is 1.35. The van der Waals surface area contributed by atoms with Crippen LogP contribution in [0.3, 0.4) is 0 Å². The van der Waals surface area contributed by atoms with Crippen LogP contribution < -0.4 is 5.43 Å². The van der Waals surface area contributed by atoms with Gasteiger partial charge in [0.25, 0.3) is 0 Å². The van der Waals surface area contributed by atoms with Crippen molar-refractivity contribution in [2.45, 2.75) is 0 Å². The van der Waals surface area contributed by atoms with Gasteiger partial charge in [0.05, 0.1) is 6.21 Å². The molecule has 0 radical (unpaired) electrons. The van der Waals surface area contributed by atoms with Crippen molar-refractivity contribution in [2.24, 2.45) is 5.10 Å². The normalized spacial score (nSPS) is 10.9. The quantitative estimate of drug-likeness (QED) is 0.562. The summed E-state index contributed by atoms with van der Waals surface area (Å²) in [7, 11) is 0. The van der Waals surface area contributed by atoms with Gasteiger partial charge in [0.2, 0.25) is 0 Å². The van der Waals surface area contributed by atoms with Gasteiger partial charge in [-0.3, -0.25) is 9.99 Å². The molecule has 0 aliphatic rings. The summed E-state index contributed by atoms with van der Waals surface area (Å²) < 4.78 is 1.75. The van der Waals surface area contributed by atoms with E-state index in [2.05, 4.69) is 25.7 Å². The zero-order chi connectivity index (χ0) is 14.5. The maximum Gasteiger partial charge on any atom is 0.168 e. The lowest BCUT2D eigenvalue weighted by atomic mass is 10.2. The van der Waals surface area contributed by atoms with Gasteiger partial charge in [-0.05, 0) is 24.3 Å². The molecule has 2 aromatic heterocycles. The summed E-state index contributed by atoms with van der Waals surface area (Å²) in [5.41, 5.74) is 3.37. The maximum absolute atomic E-state index is 9.59. The first-order valence-corrected chi connectivity index (χ1v) is 6.22. The number of phenolic OH excluding ortho intramolecular Hbond substituents is 1. The Kier molecular flexibility index (Phi) is 3.55. The van der Waals surface area contributed by atoms with Gasteiger partial charge in [0.1, 0.15) is 12.1 Å². The summed E-state index contributed by atoms with van der Waals surface area (Å²) in [6.07, 6.45) is 6.62. The van der Waals surface area contributed by atoms with E-state index in [1.165, 1.54) is 6.21 Å². The third-order valence-electron chi connectivity index (χ3n) is 2.74. The van der Waals surface area contributed by atoms with Crippen molar-refractivity contribution in [2.75, 3.05) is 5.43 Å². The second-order valence-electron chi connectivity index (χ2n) is 4.18. The predicted molar refractivity (Wildman–Crippen MR) is 78.5 cm³/mol. The molecule has 0 aliphatic carbocycles. The van der Waals surface area contributed by atoms with E-state index in [0.29, 0.717) is 17.2 Å². The van der Waals surface area contributed by atoms with Crippen molar-refractivity contribution < 1.29 is 5.11 Å². The highest BCUT2D eigenvalue weighted by atomic mass is 16.3. The largest absolute Gasteiger partial charge is 0.507 e. The number of aromatic nitrogens is 4. The topological polar surface area (TPSA) is 88.2 Å². The molecule has 0 bridgehead atoms. The monoisotopic (exact) mass is 280 g/mol. The summed E-state index contributed by atoms with van der Waals surface area (Å²) in [5, 5.41) is 21.7. The minimum atomic E-state index is 0.171. The molecule has 0 saturated heterocycles. The number of aromatic hydroxyl groups is 1. The van der Waals surface area contributed by atoms with E-state index in [9.17, 15) is 5.11 Å². The molecule has 104 valence electrons. The Morgan fingerprint density at radius 3 is 2.76 bits per heavy atom. The van der Waals surface area contributed by atoms with E-state index >= 15 is 0 Å². The number of nitrogens with one attached hydrogen (secondary N) is 1. The Morgan fingerprint density at radius 1 is 1.14 bits per heavy atom. The molecule has 3 rings (SSSR count). The molecule has 0 spiro atoms. The van der Waals surface area contributed by atoms with Crippen LogP contribution in [0.5, 0.6) is 5.75 Å². The fraction of sp³-hybridized carbons (Fsp3) is 0. The molecule has 0 amide bonds. The van der Waals surface area contributed by atoms with E-state index in [1.807, 2.05) is 6.07 Å². The summed E-state index contributed by atoms with van der Waals surface area (Å²) in [4.78, 5) is 3.94. The van der Waals surface area contributed by atoms with E-state index in [-0.39, 0.29) is 5.75 Å². The molecular formula is C14H12N6O. The van der Waals surface area contributed by atoms with Gasteiger partial charge >= 0.3 is 0 Å². The smallest absolute Gasteiger partial charge is 0.168 e. The van der Waals surface area contributed by atoms with Crippen molar-refractivity contribution in [3.63, 3.8) is 0 Å². The van der Waals surface area contributed by atoms with Crippen molar-refractivity contribution in [3.05, 3.63) is 60.7 Å². The first kappa shape index (κ1) is 12.8. The van der Waals surface area contributed by atoms with Crippen LogP contribution in [0.15, 0.2) is 60.2 Å². The predicted octanol–water partition coefficient (Wildman–Crippen LogP) is 1.81. The van der Waals surface area contributed by atoms with Crippen LogP contribution in [0.1, 0.15) is 5.56 Å². The number of hydrogen-bond acceptors (Lipinski definition) is 6. The van der Waals surface area contributed by atoms with Crippen LogP contribution in [0.2, 0.25) is 0 Å². The molecule has 2 heterocycles. The zero-order valence-corrected chi connectivity index (χ0v) is 11.0. The Bertz CT molecular complexity index is 736. The van der Waals surface area contributed by atoms with Gasteiger partial charge < -0.3 is 5.11 Å². The molecule has 1 aromatic carbocycles. The minimum Gasteiger partial charge on any atom is -0.507 e. The fourth-order valence-corrected chi connectivity index (χ4v) is 1.68. The number of imidazole rings is 1. The summed E-state index contributed by atoms with van der Waals surface area (Å²) in [6, 6.07) is 10.5. The van der Waals surface area contributed by atoms with Gasteiger partial charge in [-0.2, -0.15) is 5.10 Å². The molecule has 3 aromatic rings. The zero-order valence-electron chi connectivity index (χ0n) is 11.0. The van der Waals surface area contributed by atoms with E-state index < -0.39 is 0 Å². The molecule has 0 aliphatic heterocycles. The van der Waals surface area contributed by atoms with Crippen LogP contribution in [0, 0.1) is 0 Å². The second kappa shape index (κ2) is 5.83. The number of hydrazone groups is 1. The van der Waals surface area contributed by atoms with Crippen molar-refractivity contribution in [3.8, 4) is 11.6 Å². The minimum absolute atomic E-state index is 0.171. The number of hydrogen-bond donors (Lipinski definition) is 2. The highest BCUT2D eigenvalue weighted by Gasteiger charge is 1.99. The number of phenols is 1. The van der Waals surface area contributed by atoms with Crippen molar-refractivity contribution >= 4 is 12.0 Å². The van der Waals surface area contributed by atoms with E-state index in [4.69, 9.17) is 0 Å². The lowest BCUT2D eigenvalue weighted by Gasteiger charge is -2.02. The maximum atomic E-state index is 9.59. The molecule has 7 nitrogen and oxygen atoms in total. The van der Waals surface area contributed by atoms with Crippen molar-refractivity contribution in [1.29, 1.82) is 0 Å². The SMILES string of the molecule is Oc1ccccc1/C=N/Nc1ccc(-n2ccnc2)nn1. The van der Waals surface area contributed by atoms with Crippen LogP contribution in [0.4, 0.5) is 5.82 Å². The standard InChI is InChI=1S/C14H12N6O/c21-12-4-2-1-3-11(12)9-16-17-13-5-6-14(19-18-13)20-8-7-15-10-20/h1-10,21H,(H,17,18)/b16-9+. The first-order valence-electron chi connectivity index (χ1n) is 6.22. The van der Waals surface area contributed by atoms with Gasteiger partial charge in [-0.25, -0.2) is 4.98 Å². The summed E-state index contributed by atoms with van der Waals surface area (Å²) in [6.45, 7) is 0. The van der Waals surface area contributed by atoms with Gasteiger partial charge in [0.15, 0.2) is 11.6 Å². The number of para-hydroxylation sites is 1. The average Bonchev–Trinajstić information content (AvgIpc) is 3.04. The van der Waals surface area contributed by atoms with Gasteiger partial charge in [-0.1, -0.05) is 12.1 Å².